The van der Waals surface area contributed by atoms with E-state index in [2.05, 4.69) is 6.92 Å². The lowest BCUT2D eigenvalue weighted by Crippen LogP contribution is -2.09. The van der Waals surface area contributed by atoms with Gasteiger partial charge < -0.3 is 9.84 Å². The molecule has 0 aliphatic carbocycles. The summed E-state index contributed by atoms with van der Waals surface area (Å²) in [5.74, 6) is 0.799. The van der Waals surface area contributed by atoms with Crippen molar-refractivity contribution in [1.29, 1.82) is 0 Å². The van der Waals surface area contributed by atoms with Gasteiger partial charge in [0, 0.05) is 5.56 Å². The normalized spacial score (nSPS) is 12.9. The maximum Gasteiger partial charge on any atom is 0.125 e. The first kappa shape index (κ1) is 12.1. The summed E-state index contributed by atoms with van der Waals surface area (Å²) in [5.41, 5.74) is 0.896. The molecule has 1 aromatic rings. The fourth-order valence-corrected chi connectivity index (χ4v) is 1.55. The first-order valence-corrected chi connectivity index (χ1v) is 5.58. The van der Waals surface area contributed by atoms with Gasteiger partial charge in [-0.15, -0.1) is 0 Å². The zero-order chi connectivity index (χ0) is 11.3. The van der Waals surface area contributed by atoms with Gasteiger partial charge in [-0.25, -0.2) is 0 Å². The number of hydrogen-bond donors (Lipinski definition) is 1. The van der Waals surface area contributed by atoms with Gasteiger partial charge in [0.15, 0.2) is 0 Å². The van der Waals surface area contributed by atoms with Crippen LogP contribution in [0.2, 0.25) is 0 Å². The predicted molar refractivity (Wildman–Crippen MR) is 62.1 cm³/mol. The van der Waals surface area contributed by atoms with Crippen molar-refractivity contribution in [3.8, 4) is 5.75 Å². The molecule has 2 nitrogen and oxygen atoms in total. The molecule has 0 aliphatic rings. The fraction of sp³-hybridized carbons (Fsp3) is 0.538. The second-order valence-corrected chi connectivity index (χ2v) is 4.01. The van der Waals surface area contributed by atoms with Crippen LogP contribution in [0.15, 0.2) is 24.3 Å². The Hall–Kier alpha value is -1.02. The highest BCUT2D eigenvalue weighted by Gasteiger charge is 2.12. The molecule has 0 unspecified atom stereocenters. The summed E-state index contributed by atoms with van der Waals surface area (Å²) in [6.07, 6.45) is 1.47. The highest BCUT2D eigenvalue weighted by molar-refractivity contribution is 5.35. The van der Waals surface area contributed by atoms with Gasteiger partial charge in [-0.3, -0.25) is 0 Å². The van der Waals surface area contributed by atoms with Gasteiger partial charge in [0.1, 0.15) is 5.75 Å². The summed E-state index contributed by atoms with van der Waals surface area (Å²) >= 11 is 0. The minimum atomic E-state index is -0.412. The highest BCUT2D eigenvalue weighted by Crippen LogP contribution is 2.28. The molecule has 0 saturated carbocycles. The van der Waals surface area contributed by atoms with Crippen molar-refractivity contribution in [2.75, 3.05) is 0 Å². The highest BCUT2D eigenvalue weighted by atomic mass is 16.5. The van der Waals surface area contributed by atoms with Crippen molar-refractivity contribution in [1.82, 2.24) is 0 Å². The van der Waals surface area contributed by atoms with E-state index in [0.717, 1.165) is 24.2 Å². The van der Waals surface area contributed by atoms with Crippen LogP contribution < -0.4 is 4.74 Å². The maximum absolute atomic E-state index is 9.93. The van der Waals surface area contributed by atoms with Crippen molar-refractivity contribution >= 4 is 0 Å². The zero-order valence-corrected chi connectivity index (χ0v) is 9.73. The number of rotatable bonds is 5. The molecule has 0 radical (unpaired) electrons. The molecule has 1 N–H and O–H groups in total. The largest absolute Gasteiger partial charge is 0.491 e. The Morgan fingerprint density at radius 3 is 2.53 bits per heavy atom. The third kappa shape index (κ3) is 3.56. The average Bonchev–Trinajstić information content (AvgIpc) is 2.18. The molecule has 0 fully saturated rings. The van der Waals surface area contributed by atoms with E-state index in [0.29, 0.717) is 0 Å². The van der Waals surface area contributed by atoms with Crippen LogP contribution in [0.4, 0.5) is 0 Å². The van der Waals surface area contributed by atoms with Gasteiger partial charge in [0.2, 0.25) is 0 Å². The Morgan fingerprint density at radius 2 is 1.93 bits per heavy atom. The monoisotopic (exact) mass is 208 g/mol. The molecule has 0 saturated heterocycles. The molecule has 0 aromatic heterocycles. The molecule has 2 heteroatoms. The molecule has 1 aromatic carbocycles. The number of hydrogen-bond acceptors (Lipinski definition) is 2. The summed E-state index contributed by atoms with van der Waals surface area (Å²) in [5, 5.41) is 9.93. The van der Waals surface area contributed by atoms with E-state index < -0.39 is 6.10 Å². The third-order valence-corrected chi connectivity index (χ3v) is 2.20. The summed E-state index contributed by atoms with van der Waals surface area (Å²) in [6.45, 7) is 6.04. The van der Waals surface area contributed by atoms with Crippen molar-refractivity contribution in [2.45, 2.75) is 45.8 Å². The van der Waals surface area contributed by atoms with E-state index in [4.69, 9.17) is 4.74 Å². The number of aliphatic hydroxyl groups excluding tert-OH is 1. The average molecular weight is 208 g/mol. The van der Waals surface area contributed by atoms with Crippen LogP contribution >= 0.6 is 0 Å². The minimum absolute atomic E-state index is 0.139. The molecule has 15 heavy (non-hydrogen) atoms. The topological polar surface area (TPSA) is 29.5 Å². The second-order valence-electron chi connectivity index (χ2n) is 4.01. The van der Waals surface area contributed by atoms with E-state index in [1.165, 1.54) is 0 Å². The van der Waals surface area contributed by atoms with Gasteiger partial charge in [-0.2, -0.15) is 0 Å². The summed E-state index contributed by atoms with van der Waals surface area (Å²) in [4.78, 5) is 0. The zero-order valence-electron chi connectivity index (χ0n) is 9.73. The van der Waals surface area contributed by atoms with Crippen LogP contribution in [-0.4, -0.2) is 11.2 Å². The number of para-hydroxylation sites is 1. The lowest BCUT2D eigenvalue weighted by atomic mass is 10.0. The van der Waals surface area contributed by atoms with E-state index in [1.807, 2.05) is 38.1 Å². The van der Waals surface area contributed by atoms with Crippen molar-refractivity contribution < 1.29 is 9.84 Å². The first-order valence-electron chi connectivity index (χ1n) is 5.58. The fourth-order valence-electron chi connectivity index (χ4n) is 1.55. The van der Waals surface area contributed by atoms with Crippen molar-refractivity contribution in [3.63, 3.8) is 0 Å². The Kier molecular flexibility index (Phi) is 4.63. The van der Waals surface area contributed by atoms with E-state index in [-0.39, 0.29) is 6.10 Å². The minimum Gasteiger partial charge on any atom is -0.491 e. The molecule has 84 valence electrons. The van der Waals surface area contributed by atoms with Gasteiger partial charge in [0.05, 0.1) is 12.2 Å². The summed E-state index contributed by atoms with van der Waals surface area (Å²) in [6, 6.07) is 7.70. The summed E-state index contributed by atoms with van der Waals surface area (Å²) in [7, 11) is 0. The molecule has 0 bridgehead atoms. The van der Waals surface area contributed by atoms with Crippen molar-refractivity contribution in [3.05, 3.63) is 29.8 Å². The lowest BCUT2D eigenvalue weighted by Gasteiger charge is -2.17. The SMILES string of the molecule is CCC[C@H](O)c1ccccc1OC(C)C. The van der Waals surface area contributed by atoms with Crippen LogP contribution in [0.25, 0.3) is 0 Å². The summed E-state index contributed by atoms with van der Waals surface area (Å²) < 4.78 is 5.65. The van der Waals surface area contributed by atoms with Crippen LogP contribution in [0, 0.1) is 0 Å². The van der Waals surface area contributed by atoms with E-state index in [9.17, 15) is 5.11 Å². The first-order chi connectivity index (χ1) is 7.15. The molecule has 1 atom stereocenters. The van der Waals surface area contributed by atoms with Crippen molar-refractivity contribution in [2.24, 2.45) is 0 Å². The third-order valence-electron chi connectivity index (χ3n) is 2.20. The Morgan fingerprint density at radius 1 is 1.27 bits per heavy atom. The van der Waals surface area contributed by atoms with Gasteiger partial charge in [-0.05, 0) is 26.3 Å². The second kappa shape index (κ2) is 5.76. The van der Waals surface area contributed by atoms with Gasteiger partial charge in [0.25, 0.3) is 0 Å². The molecular weight excluding hydrogens is 188 g/mol. The number of aliphatic hydroxyl groups is 1. The van der Waals surface area contributed by atoms with Gasteiger partial charge >= 0.3 is 0 Å². The van der Waals surface area contributed by atoms with Crippen LogP contribution in [-0.2, 0) is 0 Å². The smallest absolute Gasteiger partial charge is 0.125 e. The Labute approximate surface area is 91.9 Å². The lowest BCUT2D eigenvalue weighted by molar-refractivity contribution is 0.155. The van der Waals surface area contributed by atoms with Crippen LogP contribution in [0.3, 0.4) is 0 Å². The molecule has 0 heterocycles. The quantitative estimate of drug-likeness (QED) is 0.804. The maximum atomic E-state index is 9.93. The van der Waals surface area contributed by atoms with Crippen LogP contribution in [0.1, 0.15) is 45.3 Å². The number of benzene rings is 1. The molecule has 1 rings (SSSR count). The molecule has 0 aliphatic heterocycles. The van der Waals surface area contributed by atoms with E-state index in [1.54, 1.807) is 0 Å². The van der Waals surface area contributed by atoms with E-state index >= 15 is 0 Å². The molecular formula is C13H20O2. The number of ether oxygens (including phenoxy) is 1. The molecule has 0 amide bonds. The molecule has 0 spiro atoms. The van der Waals surface area contributed by atoms with Crippen LogP contribution in [0.5, 0.6) is 5.75 Å². The Balaban J connectivity index is 2.85. The predicted octanol–water partition coefficient (Wildman–Crippen LogP) is 3.31. The van der Waals surface area contributed by atoms with Gasteiger partial charge in [-0.1, -0.05) is 31.5 Å². The Bertz CT molecular complexity index is 294. The standard InChI is InChI=1S/C13H20O2/c1-4-7-12(14)11-8-5-6-9-13(11)15-10(2)3/h5-6,8-10,12,14H,4,7H2,1-3H3/t12-/m0/s1.